The lowest BCUT2D eigenvalue weighted by Crippen LogP contribution is -2.13. The van der Waals surface area contributed by atoms with Crippen LogP contribution in [0.25, 0.3) is 33.3 Å². The molecule has 4 aromatic rings. The maximum atomic E-state index is 12.4. The lowest BCUT2D eigenvalue weighted by atomic mass is 10.1. The van der Waals surface area contributed by atoms with Crippen LogP contribution in [0.1, 0.15) is 0 Å². The van der Waals surface area contributed by atoms with Crippen molar-refractivity contribution in [2.45, 2.75) is 0 Å². The Morgan fingerprint density at radius 2 is 1.74 bits per heavy atom. The highest BCUT2D eigenvalue weighted by Crippen LogP contribution is 2.31. The van der Waals surface area contributed by atoms with Crippen LogP contribution in [0.15, 0.2) is 41.2 Å². The number of nitrogens with zero attached hydrogens (tertiary/aromatic N) is 1. The number of anilines is 1. The molecule has 0 aliphatic carbocycles. The second-order valence-corrected chi connectivity index (χ2v) is 5.97. The van der Waals surface area contributed by atoms with Crippen molar-refractivity contribution < 1.29 is 0 Å². The number of nitrogens with one attached hydrogen (secondary N) is 2. The summed E-state index contributed by atoms with van der Waals surface area (Å²) in [6, 6.07) is 10.7. The molecule has 114 valence electrons. The van der Waals surface area contributed by atoms with E-state index in [1.807, 2.05) is 18.2 Å². The first kappa shape index (κ1) is 14.1. The number of fused-ring (bicyclic) bond motifs is 2. The monoisotopic (exact) mass is 344 g/mol. The summed E-state index contributed by atoms with van der Waals surface area (Å²) < 4.78 is 0. The van der Waals surface area contributed by atoms with Crippen molar-refractivity contribution in [3.8, 4) is 11.4 Å². The molecule has 0 aliphatic rings. The van der Waals surface area contributed by atoms with E-state index in [4.69, 9.17) is 28.9 Å². The van der Waals surface area contributed by atoms with Crippen LogP contribution in [0.3, 0.4) is 0 Å². The van der Waals surface area contributed by atoms with Gasteiger partial charge in [-0.25, -0.2) is 4.98 Å². The minimum absolute atomic E-state index is 0.298. The number of rotatable bonds is 1. The number of nitrogen functional groups attached to an aromatic ring is 1. The van der Waals surface area contributed by atoms with Crippen LogP contribution >= 0.6 is 23.2 Å². The molecule has 2 heterocycles. The molecule has 0 radical (unpaired) electrons. The molecule has 0 atom stereocenters. The highest BCUT2D eigenvalue weighted by atomic mass is 35.5. The summed E-state index contributed by atoms with van der Waals surface area (Å²) in [4.78, 5) is 22.7. The fourth-order valence-corrected chi connectivity index (χ4v) is 2.95. The van der Waals surface area contributed by atoms with Crippen molar-refractivity contribution in [1.29, 1.82) is 0 Å². The number of hydrogen-bond donors (Lipinski definition) is 3. The van der Waals surface area contributed by atoms with Gasteiger partial charge in [0.2, 0.25) is 0 Å². The zero-order valence-corrected chi connectivity index (χ0v) is 13.2. The van der Waals surface area contributed by atoms with Gasteiger partial charge < -0.3 is 15.7 Å². The third-order valence-electron chi connectivity index (χ3n) is 3.72. The quantitative estimate of drug-likeness (QED) is 0.488. The van der Waals surface area contributed by atoms with E-state index in [2.05, 4.69) is 15.0 Å². The van der Waals surface area contributed by atoms with Gasteiger partial charge in [0.25, 0.3) is 5.56 Å². The summed E-state index contributed by atoms with van der Waals surface area (Å²) in [6.07, 6.45) is 0. The van der Waals surface area contributed by atoms with Crippen LogP contribution in [-0.4, -0.2) is 15.0 Å². The fraction of sp³-hybridized carbons (Fsp3) is 0. The molecule has 4 rings (SSSR count). The predicted molar refractivity (Wildman–Crippen MR) is 94.1 cm³/mol. The Morgan fingerprint density at radius 1 is 1.00 bits per heavy atom. The molecule has 0 spiro atoms. The van der Waals surface area contributed by atoms with Crippen molar-refractivity contribution in [2.24, 2.45) is 0 Å². The Morgan fingerprint density at radius 3 is 2.57 bits per heavy atom. The van der Waals surface area contributed by atoms with Crippen LogP contribution in [0, 0.1) is 0 Å². The highest BCUT2D eigenvalue weighted by molar-refractivity contribution is 6.42. The van der Waals surface area contributed by atoms with Gasteiger partial charge in [0, 0.05) is 5.39 Å². The highest BCUT2D eigenvalue weighted by Gasteiger charge is 2.16. The maximum Gasteiger partial charge on any atom is 0.261 e. The van der Waals surface area contributed by atoms with Gasteiger partial charge in [0.05, 0.1) is 32.3 Å². The smallest absolute Gasteiger partial charge is 0.261 e. The van der Waals surface area contributed by atoms with E-state index < -0.39 is 0 Å². The zero-order valence-electron chi connectivity index (χ0n) is 11.7. The minimum Gasteiger partial charge on any atom is -0.397 e. The molecule has 0 saturated heterocycles. The topological polar surface area (TPSA) is 87.6 Å². The van der Waals surface area contributed by atoms with Gasteiger partial charge in [0.1, 0.15) is 11.4 Å². The van der Waals surface area contributed by atoms with Gasteiger partial charge in [-0.2, -0.15) is 0 Å². The van der Waals surface area contributed by atoms with E-state index in [1.165, 1.54) is 0 Å². The normalized spacial score (nSPS) is 11.4. The van der Waals surface area contributed by atoms with Gasteiger partial charge in [0.15, 0.2) is 0 Å². The van der Waals surface area contributed by atoms with Crippen LogP contribution < -0.4 is 11.3 Å². The molecule has 0 fully saturated rings. The minimum atomic E-state index is -0.308. The number of nitrogens with two attached hydrogens (primary N) is 1. The number of aromatic amines is 2. The van der Waals surface area contributed by atoms with Gasteiger partial charge >= 0.3 is 0 Å². The average molecular weight is 345 g/mol. The molecule has 0 unspecified atom stereocenters. The Balaban J connectivity index is 2.04. The van der Waals surface area contributed by atoms with Crippen molar-refractivity contribution in [3.63, 3.8) is 0 Å². The molecule has 4 N–H and O–H groups in total. The Labute approximate surface area is 140 Å². The molecule has 0 bridgehead atoms. The van der Waals surface area contributed by atoms with E-state index in [9.17, 15) is 4.79 Å². The van der Waals surface area contributed by atoms with Crippen molar-refractivity contribution in [2.75, 3.05) is 5.73 Å². The maximum absolute atomic E-state index is 12.4. The summed E-state index contributed by atoms with van der Waals surface area (Å²) in [5.41, 5.74) is 8.54. The number of para-hydroxylation sites is 1. The first-order chi connectivity index (χ1) is 11.0. The van der Waals surface area contributed by atoms with Crippen LogP contribution in [0.5, 0.6) is 0 Å². The molecule has 0 aliphatic heterocycles. The number of hydrogen-bond acceptors (Lipinski definition) is 3. The van der Waals surface area contributed by atoms with E-state index in [0.29, 0.717) is 43.7 Å². The van der Waals surface area contributed by atoms with Crippen LogP contribution in [0.4, 0.5) is 5.69 Å². The molecule has 23 heavy (non-hydrogen) atoms. The zero-order chi connectivity index (χ0) is 16.1. The second kappa shape index (κ2) is 5.01. The third kappa shape index (κ3) is 2.17. The average Bonchev–Trinajstić information content (AvgIpc) is 2.90. The predicted octanol–water partition coefficient (Wildman–Crippen LogP) is 3.96. The standard InChI is InChI=1S/C16H10Cl2N4O/c17-8-5-11-12(6-9(8)18)21-15(20-11)13-14(19)7-3-1-2-4-10(7)22-16(13)23/h1-6H,(H,20,21)(H3,19,22,23). The van der Waals surface area contributed by atoms with Crippen molar-refractivity contribution in [3.05, 3.63) is 56.8 Å². The van der Waals surface area contributed by atoms with Gasteiger partial charge in [-0.1, -0.05) is 41.4 Å². The lowest BCUT2D eigenvalue weighted by molar-refractivity contribution is 1.25. The van der Waals surface area contributed by atoms with E-state index >= 15 is 0 Å². The molecular formula is C16H10Cl2N4O. The Hall–Kier alpha value is -2.50. The van der Waals surface area contributed by atoms with E-state index in [1.54, 1.807) is 18.2 Å². The molecular weight excluding hydrogens is 335 g/mol. The van der Waals surface area contributed by atoms with Gasteiger partial charge in [-0.15, -0.1) is 0 Å². The van der Waals surface area contributed by atoms with Gasteiger partial charge in [-0.05, 0) is 18.2 Å². The lowest BCUT2D eigenvalue weighted by Gasteiger charge is -2.06. The molecule has 2 aromatic carbocycles. The number of imidazole rings is 1. The molecule has 2 aromatic heterocycles. The number of halogens is 2. The van der Waals surface area contributed by atoms with Gasteiger partial charge in [-0.3, -0.25) is 4.79 Å². The van der Waals surface area contributed by atoms with Crippen molar-refractivity contribution >= 4 is 50.8 Å². The Kier molecular flexibility index (Phi) is 3.07. The second-order valence-electron chi connectivity index (χ2n) is 5.16. The largest absolute Gasteiger partial charge is 0.397 e. The van der Waals surface area contributed by atoms with E-state index in [-0.39, 0.29) is 5.56 Å². The molecule has 0 saturated carbocycles. The SMILES string of the molecule is Nc1c(-c2nc3cc(Cl)c(Cl)cc3[nH]2)c(=O)[nH]c2ccccc12. The summed E-state index contributed by atoms with van der Waals surface area (Å²) in [5, 5.41) is 1.57. The summed E-state index contributed by atoms with van der Waals surface area (Å²) in [7, 11) is 0. The third-order valence-corrected chi connectivity index (χ3v) is 4.44. The number of benzene rings is 2. The van der Waals surface area contributed by atoms with Crippen LogP contribution in [-0.2, 0) is 0 Å². The molecule has 5 nitrogen and oxygen atoms in total. The summed E-state index contributed by atoms with van der Waals surface area (Å²) in [6.45, 7) is 0. The first-order valence-corrected chi connectivity index (χ1v) is 7.56. The first-order valence-electron chi connectivity index (χ1n) is 6.80. The summed E-state index contributed by atoms with van der Waals surface area (Å²) >= 11 is 12.0. The van der Waals surface area contributed by atoms with Crippen LogP contribution in [0.2, 0.25) is 10.0 Å². The number of aromatic nitrogens is 3. The van der Waals surface area contributed by atoms with Crippen molar-refractivity contribution in [1.82, 2.24) is 15.0 Å². The number of pyridine rings is 1. The molecule has 0 amide bonds. The van der Waals surface area contributed by atoms with E-state index in [0.717, 1.165) is 5.39 Å². The Bertz CT molecular complexity index is 1090. The number of H-pyrrole nitrogens is 2. The molecule has 7 heteroatoms. The fourth-order valence-electron chi connectivity index (χ4n) is 2.63. The summed E-state index contributed by atoms with van der Waals surface area (Å²) in [5.74, 6) is 0.378.